The van der Waals surface area contributed by atoms with Crippen LogP contribution in [0.3, 0.4) is 0 Å². The first-order valence-electron chi connectivity index (χ1n) is 7.27. The Labute approximate surface area is 106 Å². The molecule has 1 N–H and O–H groups in total. The highest BCUT2D eigenvalue weighted by Gasteiger charge is 2.29. The molecule has 0 bridgehead atoms. The zero-order valence-corrected chi connectivity index (χ0v) is 11.5. The van der Waals surface area contributed by atoms with E-state index in [1.807, 2.05) is 0 Å². The van der Waals surface area contributed by atoms with Gasteiger partial charge in [-0.1, -0.05) is 0 Å². The molecule has 3 nitrogen and oxygen atoms in total. The van der Waals surface area contributed by atoms with Crippen molar-refractivity contribution in [1.82, 2.24) is 10.2 Å². The number of hydrogen-bond donors (Lipinski definition) is 1. The van der Waals surface area contributed by atoms with Crippen LogP contribution in [0.5, 0.6) is 0 Å². The van der Waals surface area contributed by atoms with Crippen molar-refractivity contribution in [3.8, 4) is 0 Å². The zero-order valence-electron chi connectivity index (χ0n) is 11.5. The SMILES string of the molecule is CNCCC1CCN(C(C)C2CCOC2)CC1. The summed E-state index contributed by atoms with van der Waals surface area (Å²) in [6.45, 7) is 8.14. The lowest BCUT2D eigenvalue weighted by molar-refractivity contribution is 0.0920. The molecule has 2 fully saturated rings. The summed E-state index contributed by atoms with van der Waals surface area (Å²) in [5.41, 5.74) is 0. The van der Waals surface area contributed by atoms with Gasteiger partial charge in [0.15, 0.2) is 0 Å². The monoisotopic (exact) mass is 240 g/mol. The molecule has 2 aliphatic rings. The summed E-state index contributed by atoms with van der Waals surface area (Å²) >= 11 is 0. The fourth-order valence-corrected chi connectivity index (χ4v) is 3.23. The third-order valence-electron chi connectivity index (χ3n) is 4.67. The zero-order chi connectivity index (χ0) is 12.1. The number of nitrogens with one attached hydrogen (secondary N) is 1. The number of ether oxygens (including phenoxy) is 1. The van der Waals surface area contributed by atoms with Gasteiger partial charge in [0.1, 0.15) is 0 Å². The highest BCUT2D eigenvalue weighted by molar-refractivity contribution is 4.82. The van der Waals surface area contributed by atoms with Gasteiger partial charge in [0.25, 0.3) is 0 Å². The number of nitrogens with zero attached hydrogens (tertiary/aromatic N) is 1. The molecular weight excluding hydrogens is 212 g/mol. The second-order valence-electron chi connectivity index (χ2n) is 5.74. The van der Waals surface area contributed by atoms with Crippen LogP contribution in [0, 0.1) is 11.8 Å². The molecule has 0 aromatic heterocycles. The van der Waals surface area contributed by atoms with E-state index >= 15 is 0 Å². The molecule has 2 unspecified atom stereocenters. The van der Waals surface area contributed by atoms with Crippen molar-refractivity contribution in [2.75, 3.05) is 39.9 Å². The van der Waals surface area contributed by atoms with E-state index in [0.29, 0.717) is 0 Å². The Morgan fingerprint density at radius 1 is 1.29 bits per heavy atom. The molecule has 0 amide bonds. The number of likely N-dealkylation sites (tertiary alicyclic amines) is 1. The summed E-state index contributed by atoms with van der Waals surface area (Å²) in [6.07, 6.45) is 5.39. The third-order valence-corrected chi connectivity index (χ3v) is 4.67. The Hall–Kier alpha value is -0.120. The van der Waals surface area contributed by atoms with E-state index in [9.17, 15) is 0 Å². The van der Waals surface area contributed by atoms with Crippen LogP contribution in [0.4, 0.5) is 0 Å². The minimum absolute atomic E-state index is 0.725. The average Bonchev–Trinajstić information content (AvgIpc) is 2.90. The maximum absolute atomic E-state index is 5.51. The molecule has 17 heavy (non-hydrogen) atoms. The van der Waals surface area contributed by atoms with Crippen molar-refractivity contribution < 1.29 is 4.74 Å². The van der Waals surface area contributed by atoms with Crippen LogP contribution in [0.25, 0.3) is 0 Å². The Kier molecular flexibility index (Phi) is 5.26. The molecule has 2 aliphatic heterocycles. The van der Waals surface area contributed by atoms with Gasteiger partial charge in [-0.05, 0) is 71.1 Å². The Bertz CT molecular complexity index is 208. The van der Waals surface area contributed by atoms with Gasteiger partial charge in [0, 0.05) is 12.6 Å². The molecule has 2 atom stereocenters. The number of piperidine rings is 1. The molecule has 0 saturated carbocycles. The molecule has 100 valence electrons. The maximum Gasteiger partial charge on any atom is 0.0509 e. The molecule has 2 rings (SSSR count). The van der Waals surface area contributed by atoms with Crippen LogP contribution < -0.4 is 5.32 Å². The second-order valence-corrected chi connectivity index (χ2v) is 5.74. The van der Waals surface area contributed by atoms with E-state index in [1.54, 1.807) is 0 Å². The summed E-state index contributed by atoms with van der Waals surface area (Å²) in [5, 5.41) is 3.26. The van der Waals surface area contributed by atoms with Crippen LogP contribution >= 0.6 is 0 Å². The van der Waals surface area contributed by atoms with Crippen LogP contribution in [-0.4, -0.2) is 50.8 Å². The van der Waals surface area contributed by atoms with Gasteiger partial charge in [-0.15, -0.1) is 0 Å². The standard InChI is InChI=1S/C14H28N2O/c1-12(14-6-10-17-11-14)16-8-4-13(5-9-16)3-7-15-2/h12-15H,3-11H2,1-2H3. The first kappa shape index (κ1) is 13.3. The topological polar surface area (TPSA) is 24.5 Å². The quantitative estimate of drug-likeness (QED) is 0.792. The average molecular weight is 240 g/mol. The molecule has 0 radical (unpaired) electrons. The van der Waals surface area contributed by atoms with Gasteiger partial charge in [0.2, 0.25) is 0 Å². The molecule has 0 aromatic carbocycles. The highest BCUT2D eigenvalue weighted by atomic mass is 16.5. The summed E-state index contributed by atoms with van der Waals surface area (Å²) in [7, 11) is 2.05. The third kappa shape index (κ3) is 3.67. The summed E-state index contributed by atoms with van der Waals surface area (Å²) in [6, 6.07) is 0.725. The molecule has 3 heteroatoms. The van der Waals surface area contributed by atoms with E-state index in [4.69, 9.17) is 4.74 Å². The van der Waals surface area contributed by atoms with Crippen molar-refractivity contribution in [2.45, 2.75) is 38.6 Å². The minimum atomic E-state index is 0.725. The van der Waals surface area contributed by atoms with Crippen LogP contribution in [-0.2, 0) is 4.74 Å². The van der Waals surface area contributed by atoms with E-state index in [1.165, 1.54) is 45.3 Å². The van der Waals surface area contributed by atoms with Crippen LogP contribution in [0.15, 0.2) is 0 Å². The summed E-state index contributed by atoms with van der Waals surface area (Å²) < 4.78 is 5.51. The van der Waals surface area contributed by atoms with E-state index in [0.717, 1.165) is 31.1 Å². The first-order valence-corrected chi connectivity index (χ1v) is 7.27. The van der Waals surface area contributed by atoms with Crippen molar-refractivity contribution in [2.24, 2.45) is 11.8 Å². The summed E-state index contributed by atoms with van der Waals surface area (Å²) in [4.78, 5) is 2.69. The lowest BCUT2D eigenvalue weighted by atomic mass is 9.90. The Balaban J connectivity index is 1.70. The lowest BCUT2D eigenvalue weighted by Gasteiger charge is -2.38. The van der Waals surface area contributed by atoms with Gasteiger partial charge in [-0.3, -0.25) is 0 Å². The smallest absolute Gasteiger partial charge is 0.0509 e. The maximum atomic E-state index is 5.51. The molecule has 2 heterocycles. The van der Waals surface area contributed by atoms with Gasteiger partial charge in [-0.25, -0.2) is 0 Å². The number of hydrogen-bond acceptors (Lipinski definition) is 3. The first-order chi connectivity index (χ1) is 8.31. The van der Waals surface area contributed by atoms with Crippen molar-refractivity contribution >= 4 is 0 Å². The van der Waals surface area contributed by atoms with E-state index in [-0.39, 0.29) is 0 Å². The lowest BCUT2D eigenvalue weighted by Crippen LogP contribution is -2.44. The van der Waals surface area contributed by atoms with E-state index in [2.05, 4.69) is 24.2 Å². The predicted octanol–water partition coefficient (Wildman–Crippen LogP) is 1.73. The Morgan fingerprint density at radius 3 is 2.65 bits per heavy atom. The molecule has 0 aromatic rings. The molecular formula is C14H28N2O. The second kappa shape index (κ2) is 6.72. The predicted molar refractivity (Wildman–Crippen MR) is 71.2 cm³/mol. The van der Waals surface area contributed by atoms with Crippen LogP contribution in [0.2, 0.25) is 0 Å². The highest BCUT2D eigenvalue weighted by Crippen LogP contribution is 2.26. The number of rotatable bonds is 5. The van der Waals surface area contributed by atoms with E-state index < -0.39 is 0 Å². The van der Waals surface area contributed by atoms with Crippen molar-refractivity contribution in [3.63, 3.8) is 0 Å². The van der Waals surface area contributed by atoms with Gasteiger partial charge in [0.05, 0.1) is 6.61 Å². The molecule has 2 saturated heterocycles. The van der Waals surface area contributed by atoms with Gasteiger partial charge >= 0.3 is 0 Å². The fraction of sp³-hybridized carbons (Fsp3) is 1.00. The Morgan fingerprint density at radius 2 is 2.06 bits per heavy atom. The molecule has 0 spiro atoms. The minimum Gasteiger partial charge on any atom is -0.381 e. The van der Waals surface area contributed by atoms with Gasteiger partial charge < -0.3 is 15.0 Å². The molecule has 0 aliphatic carbocycles. The fourth-order valence-electron chi connectivity index (χ4n) is 3.23. The van der Waals surface area contributed by atoms with Gasteiger partial charge in [-0.2, -0.15) is 0 Å². The largest absolute Gasteiger partial charge is 0.381 e. The van der Waals surface area contributed by atoms with Crippen LogP contribution in [0.1, 0.15) is 32.6 Å². The van der Waals surface area contributed by atoms with Crippen molar-refractivity contribution in [1.29, 1.82) is 0 Å². The normalized spacial score (nSPS) is 29.6. The van der Waals surface area contributed by atoms with Crippen molar-refractivity contribution in [3.05, 3.63) is 0 Å². The summed E-state index contributed by atoms with van der Waals surface area (Å²) in [5.74, 6) is 1.73.